The number of nitrogens with one attached hydrogen (secondary N) is 1. The molecule has 14 heteroatoms. The molecule has 0 radical (unpaired) electrons. The number of hydrogen-bond donors (Lipinski definition) is 2. The van der Waals surface area contributed by atoms with E-state index in [1.807, 2.05) is 0 Å². The Morgan fingerprint density at radius 3 is 2.74 bits per heavy atom. The predicted octanol–water partition coefficient (Wildman–Crippen LogP) is -0.208. The Morgan fingerprint density at radius 2 is 2.16 bits per heavy atom. The molecule has 0 aliphatic carbocycles. The van der Waals surface area contributed by atoms with Crippen molar-refractivity contribution in [1.29, 1.82) is 0 Å². The van der Waals surface area contributed by atoms with Crippen molar-refractivity contribution in [2.45, 2.75) is 38.2 Å². The first kappa shape index (κ1) is 22.3. The average molecular weight is 453 g/mol. The van der Waals surface area contributed by atoms with Gasteiger partial charge in [0.2, 0.25) is 5.91 Å². The number of nitrogens with zero attached hydrogens (tertiary/aromatic N) is 4. The second-order valence-corrected chi connectivity index (χ2v) is 7.94. The topological polar surface area (TPSA) is 174 Å². The van der Waals surface area contributed by atoms with Crippen molar-refractivity contribution in [3.63, 3.8) is 0 Å². The third-order valence-corrected chi connectivity index (χ3v) is 6.18. The molecule has 1 saturated heterocycles. The van der Waals surface area contributed by atoms with Gasteiger partial charge in [0, 0.05) is 24.7 Å². The molecule has 3 rings (SSSR count). The average Bonchev–Trinajstić information content (AvgIpc) is 3.08. The monoisotopic (exact) mass is 453 g/mol. The Balaban J connectivity index is 1.62. The van der Waals surface area contributed by atoms with Gasteiger partial charge < -0.3 is 15.2 Å². The molecule has 31 heavy (non-hydrogen) atoms. The number of fused-ring (bicyclic) bond motifs is 1. The number of carboxylic acids is 1. The first-order valence-corrected chi connectivity index (χ1v) is 10.2. The molecule has 0 bridgehead atoms. The third-order valence-electron chi connectivity index (χ3n) is 4.84. The van der Waals surface area contributed by atoms with E-state index in [4.69, 9.17) is 4.74 Å². The molecule has 2 amide bonds. The quantitative estimate of drug-likeness (QED) is 0.232. The standard InChI is InChI=1S/C17H19N5O8S/c1-8-11(22(28)29)5-18-20(8)4-3-12(24)19-13-15(25)21-14(17(26)27)10(6-30-9(2)23)7-31-16(13)21/h5,13,16H,3-4,6-7H2,1-2H3,(H,19,24)(H,26,27)/t13-,16+/m0/s1. The van der Waals surface area contributed by atoms with Crippen LogP contribution >= 0.6 is 11.8 Å². The van der Waals surface area contributed by atoms with Gasteiger partial charge in [-0.2, -0.15) is 5.10 Å². The summed E-state index contributed by atoms with van der Waals surface area (Å²) >= 11 is 1.26. The van der Waals surface area contributed by atoms with E-state index in [1.54, 1.807) is 0 Å². The van der Waals surface area contributed by atoms with Gasteiger partial charge in [0.05, 0.1) is 11.5 Å². The van der Waals surface area contributed by atoms with E-state index in [1.165, 1.54) is 30.3 Å². The summed E-state index contributed by atoms with van der Waals surface area (Å²) in [5, 5.41) is 26.3. The SMILES string of the molecule is CC(=O)OCC1=C(C(=O)O)N2C(=O)[C@H](NC(=O)CCn3ncc([N+](=O)[O-])c3C)[C@H]2SC1. The molecule has 0 saturated carbocycles. The normalized spacial score (nSPS) is 20.1. The lowest BCUT2D eigenvalue weighted by atomic mass is 10.0. The molecular formula is C17H19N5O8S. The summed E-state index contributed by atoms with van der Waals surface area (Å²) in [6.07, 6.45) is 1.03. The van der Waals surface area contributed by atoms with Crippen LogP contribution in [0.15, 0.2) is 17.5 Å². The van der Waals surface area contributed by atoms with Crippen molar-refractivity contribution < 1.29 is 33.9 Å². The van der Waals surface area contributed by atoms with E-state index in [2.05, 4.69) is 10.4 Å². The minimum atomic E-state index is -1.32. The fourth-order valence-corrected chi connectivity index (χ4v) is 4.60. The molecule has 2 aliphatic heterocycles. The molecule has 2 aliphatic rings. The van der Waals surface area contributed by atoms with E-state index in [0.717, 1.165) is 11.1 Å². The number of rotatable bonds is 8. The summed E-state index contributed by atoms with van der Waals surface area (Å²) in [5.74, 6) is -2.70. The van der Waals surface area contributed by atoms with Crippen LogP contribution in [0.1, 0.15) is 19.0 Å². The van der Waals surface area contributed by atoms with Gasteiger partial charge in [0.25, 0.3) is 5.91 Å². The lowest BCUT2D eigenvalue weighted by Crippen LogP contribution is -2.70. The summed E-state index contributed by atoms with van der Waals surface area (Å²) < 4.78 is 6.19. The largest absolute Gasteiger partial charge is 0.477 e. The van der Waals surface area contributed by atoms with Crippen LogP contribution in [0.2, 0.25) is 0 Å². The predicted molar refractivity (Wildman–Crippen MR) is 105 cm³/mol. The van der Waals surface area contributed by atoms with Gasteiger partial charge >= 0.3 is 17.6 Å². The number of aryl methyl sites for hydroxylation is 1. The summed E-state index contributed by atoms with van der Waals surface area (Å²) in [5.41, 5.74) is 0.224. The van der Waals surface area contributed by atoms with Crippen molar-refractivity contribution in [3.8, 4) is 0 Å². The molecule has 166 valence electrons. The van der Waals surface area contributed by atoms with Crippen molar-refractivity contribution >= 4 is 41.2 Å². The number of hydrogen-bond acceptors (Lipinski definition) is 9. The van der Waals surface area contributed by atoms with Gasteiger partial charge in [-0.1, -0.05) is 0 Å². The molecule has 0 spiro atoms. The van der Waals surface area contributed by atoms with Crippen molar-refractivity contribution in [3.05, 3.63) is 33.3 Å². The van der Waals surface area contributed by atoms with Crippen LogP contribution in [0.4, 0.5) is 5.69 Å². The van der Waals surface area contributed by atoms with Gasteiger partial charge in [-0.3, -0.25) is 34.1 Å². The van der Waals surface area contributed by atoms with Gasteiger partial charge in [-0.05, 0) is 6.92 Å². The summed E-state index contributed by atoms with van der Waals surface area (Å²) in [7, 11) is 0. The maximum absolute atomic E-state index is 12.5. The Labute approximate surface area is 179 Å². The number of amides is 2. The van der Waals surface area contributed by atoms with Crippen LogP contribution in [0.3, 0.4) is 0 Å². The zero-order valence-corrected chi connectivity index (χ0v) is 17.4. The number of aliphatic carboxylic acids is 1. The van der Waals surface area contributed by atoms with Crippen LogP contribution in [0.5, 0.6) is 0 Å². The van der Waals surface area contributed by atoms with Crippen LogP contribution in [0, 0.1) is 17.0 Å². The number of ether oxygens (including phenoxy) is 1. The highest BCUT2D eigenvalue weighted by molar-refractivity contribution is 8.00. The van der Waals surface area contributed by atoms with E-state index in [0.29, 0.717) is 11.3 Å². The molecular weight excluding hydrogens is 434 g/mol. The molecule has 2 atom stereocenters. The molecule has 13 nitrogen and oxygen atoms in total. The molecule has 1 aromatic rings. The zero-order chi connectivity index (χ0) is 22.9. The molecule has 1 aromatic heterocycles. The van der Waals surface area contributed by atoms with E-state index in [9.17, 15) is 34.4 Å². The number of aromatic nitrogens is 2. The Hall–Kier alpha value is -3.42. The molecule has 0 unspecified atom stereocenters. The number of carbonyl (C=O) groups is 4. The fraction of sp³-hybridized carbons (Fsp3) is 0.471. The fourth-order valence-electron chi connectivity index (χ4n) is 3.28. The number of nitro groups is 1. The highest BCUT2D eigenvalue weighted by Crippen LogP contribution is 2.40. The Morgan fingerprint density at radius 1 is 1.45 bits per heavy atom. The number of esters is 1. The summed E-state index contributed by atoms with van der Waals surface area (Å²) in [4.78, 5) is 58.9. The Bertz CT molecular complexity index is 1000. The minimum Gasteiger partial charge on any atom is -0.477 e. The van der Waals surface area contributed by atoms with Crippen LogP contribution in [0.25, 0.3) is 0 Å². The minimum absolute atomic E-state index is 0.0693. The highest BCUT2D eigenvalue weighted by Gasteiger charge is 2.54. The van der Waals surface area contributed by atoms with E-state index >= 15 is 0 Å². The second-order valence-electron chi connectivity index (χ2n) is 6.84. The molecule has 2 N–H and O–H groups in total. The van der Waals surface area contributed by atoms with Crippen molar-refractivity contribution in [2.75, 3.05) is 12.4 Å². The number of thioether (sulfide) groups is 1. The maximum Gasteiger partial charge on any atom is 0.352 e. The second kappa shape index (κ2) is 8.75. The van der Waals surface area contributed by atoms with Gasteiger partial charge in [0.1, 0.15) is 35.6 Å². The zero-order valence-electron chi connectivity index (χ0n) is 16.6. The van der Waals surface area contributed by atoms with E-state index in [-0.39, 0.29) is 36.7 Å². The smallest absolute Gasteiger partial charge is 0.352 e. The third kappa shape index (κ3) is 4.38. The lowest BCUT2D eigenvalue weighted by Gasteiger charge is -2.49. The summed E-state index contributed by atoms with van der Waals surface area (Å²) in [6, 6.07) is -0.893. The maximum atomic E-state index is 12.5. The van der Waals surface area contributed by atoms with E-state index < -0.39 is 40.1 Å². The first-order chi connectivity index (χ1) is 14.6. The van der Waals surface area contributed by atoms with Gasteiger partial charge in [-0.25, -0.2) is 4.79 Å². The molecule has 1 fully saturated rings. The molecule has 3 heterocycles. The van der Waals surface area contributed by atoms with Gasteiger partial charge in [0.15, 0.2) is 0 Å². The van der Waals surface area contributed by atoms with Crippen molar-refractivity contribution in [1.82, 2.24) is 20.0 Å². The van der Waals surface area contributed by atoms with Crippen LogP contribution in [-0.2, 0) is 30.5 Å². The molecule has 0 aromatic carbocycles. The number of carboxylic acid groups (broad SMARTS) is 1. The first-order valence-electron chi connectivity index (χ1n) is 9.11. The summed E-state index contributed by atoms with van der Waals surface area (Å²) in [6.45, 7) is 2.57. The number of carbonyl (C=O) groups excluding carboxylic acids is 3. The lowest BCUT2D eigenvalue weighted by molar-refractivity contribution is -0.385. The highest BCUT2D eigenvalue weighted by atomic mass is 32.2. The van der Waals surface area contributed by atoms with Crippen molar-refractivity contribution in [2.24, 2.45) is 0 Å². The Kier molecular flexibility index (Phi) is 6.29. The van der Waals surface area contributed by atoms with Crippen LogP contribution < -0.4 is 5.32 Å². The van der Waals surface area contributed by atoms with Gasteiger partial charge in [-0.15, -0.1) is 11.8 Å². The number of β-lactam (4-membered cyclic amide) rings is 1. The van der Waals surface area contributed by atoms with Crippen LogP contribution in [-0.4, -0.2) is 72.2 Å².